The van der Waals surface area contributed by atoms with Gasteiger partial charge in [-0.1, -0.05) is 0 Å². The van der Waals surface area contributed by atoms with Crippen molar-refractivity contribution in [3.8, 4) is 0 Å². The number of imidazole rings is 1. The Balaban J connectivity index is 2.09. The fourth-order valence-electron chi connectivity index (χ4n) is 2.47. The van der Waals surface area contributed by atoms with E-state index in [4.69, 9.17) is 10.5 Å². The number of nitrogens with two attached hydrogens (primary N) is 1. The smallest absolute Gasteiger partial charge is 0.274 e. The van der Waals surface area contributed by atoms with Gasteiger partial charge in [-0.25, -0.2) is 15.0 Å². The Morgan fingerprint density at radius 2 is 2.04 bits per heavy atom. The fraction of sp³-hybridized carbons (Fsp3) is 0.500. The van der Waals surface area contributed by atoms with Crippen LogP contribution in [-0.4, -0.2) is 68.5 Å². The predicted molar refractivity (Wildman–Crippen MR) is 82.9 cm³/mol. The summed E-state index contributed by atoms with van der Waals surface area (Å²) in [6.45, 7) is -4.66. The van der Waals surface area contributed by atoms with Crippen molar-refractivity contribution in [2.24, 2.45) is 0 Å². The molecule has 0 amide bonds. The highest BCUT2D eigenvalue weighted by Gasteiger charge is 2.45. The second-order valence-corrected chi connectivity index (χ2v) is 9.17. The molecular formula is C10H16N5O6PS. The average Bonchev–Trinajstić information content (AvgIpc) is 3.01. The number of nitrogens with zero attached hydrogens (tertiary/aromatic N) is 4. The van der Waals surface area contributed by atoms with Crippen LogP contribution in [0.15, 0.2) is 12.7 Å². The lowest BCUT2D eigenvalue weighted by Crippen LogP contribution is -2.33. The first-order valence-corrected chi connectivity index (χ1v) is 9.80. The summed E-state index contributed by atoms with van der Waals surface area (Å²) in [5.41, 5.74) is 6.36. The van der Waals surface area contributed by atoms with E-state index in [0.29, 0.717) is 11.2 Å². The number of ether oxygens (including phenoxy) is 1. The molecule has 0 bridgehead atoms. The Labute approximate surface area is 133 Å². The van der Waals surface area contributed by atoms with Crippen molar-refractivity contribution >= 4 is 34.6 Å². The number of aliphatic hydroxyl groups is 2. The quantitative estimate of drug-likeness (QED) is 0.227. The molecule has 13 heteroatoms. The third-order valence-corrected chi connectivity index (χ3v) is 6.33. The molecule has 11 nitrogen and oxygen atoms in total. The third-order valence-electron chi connectivity index (χ3n) is 3.47. The number of fused-ring (bicyclic) bond motifs is 1. The molecule has 4 atom stereocenters. The molecule has 2 aromatic rings. The number of aliphatic hydroxyl groups excluding tert-OH is 2. The van der Waals surface area contributed by atoms with Crippen molar-refractivity contribution in [2.45, 2.75) is 23.7 Å². The van der Waals surface area contributed by atoms with Gasteiger partial charge in [-0.3, -0.25) is 4.57 Å². The Hall–Kier alpha value is -1.11. The molecule has 1 aliphatic heterocycles. The molecule has 0 saturated carbocycles. The topological polar surface area (TPSA) is 180 Å². The molecule has 0 spiro atoms. The van der Waals surface area contributed by atoms with Crippen LogP contribution < -0.4 is 5.73 Å². The minimum absolute atomic E-state index is 0.161. The van der Waals surface area contributed by atoms with Gasteiger partial charge in [0.05, 0.1) is 24.3 Å². The van der Waals surface area contributed by atoms with Crippen LogP contribution in [0, 0.1) is 0 Å². The summed E-state index contributed by atoms with van der Waals surface area (Å²) >= 11 is 0. The zero-order valence-electron chi connectivity index (χ0n) is 11.6. The normalized spacial score (nSPS) is 28.6. The van der Waals surface area contributed by atoms with Gasteiger partial charge in [0.25, 0.3) is 6.72 Å². The number of thiol groups is 1. The maximum atomic E-state index is 10.2. The van der Waals surface area contributed by atoms with Crippen molar-refractivity contribution in [1.82, 2.24) is 19.5 Å². The monoisotopic (exact) mass is 365 g/mol. The van der Waals surface area contributed by atoms with Gasteiger partial charge in [0, 0.05) is 0 Å². The first-order chi connectivity index (χ1) is 10.8. The van der Waals surface area contributed by atoms with Gasteiger partial charge in [-0.2, -0.15) is 0 Å². The van der Waals surface area contributed by atoms with Gasteiger partial charge in [-0.05, 0) is 0 Å². The highest BCUT2D eigenvalue weighted by molar-refractivity contribution is 8.16. The molecule has 3 heterocycles. The van der Waals surface area contributed by atoms with Gasteiger partial charge < -0.3 is 35.4 Å². The summed E-state index contributed by atoms with van der Waals surface area (Å²) in [4.78, 5) is 40.0. The average molecular weight is 365 g/mol. The van der Waals surface area contributed by atoms with Crippen molar-refractivity contribution in [3.05, 3.63) is 12.7 Å². The summed E-state index contributed by atoms with van der Waals surface area (Å²) < 4.78 is 7.02. The summed E-state index contributed by atoms with van der Waals surface area (Å²) in [7, 11) is -0.201. The van der Waals surface area contributed by atoms with Crippen LogP contribution >= 0.6 is 6.72 Å². The lowest BCUT2D eigenvalue weighted by molar-refractivity contribution is -0.0430. The number of nitrogen functional groups attached to an aromatic ring is 1. The minimum Gasteiger partial charge on any atom is -0.394 e. The van der Waals surface area contributed by atoms with Crippen LogP contribution in [0.25, 0.3) is 11.2 Å². The Morgan fingerprint density at radius 3 is 2.70 bits per heavy atom. The molecule has 3 rings (SSSR count). The van der Waals surface area contributed by atoms with Gasteiger partial charge in [-0.15, -0.1) is 10.9 Å². The summed E-state index contributed by atoms with van der Waals surface area (Å²) in [6, 6.07) is 0. The second kappa shape index (κ2) is 6.07. The SMILES string of the molecule is Nc1ncnc2c1ncn2[C@@H]1O[C@H](CO)[C@H](O)[C@H]1[SH]=P(O)(O)O. The molecule has 0 radical (unpaired) electrons. The van der Waals surface area contributed by atoms with E-state index >= 15 is 0 Å². The highest BCUT2D eigenvalue weighted by atomic mass is 32.5. The number of hydrogen-bond acceptors (Lipinski definition) is 7. The molecular weight excluding hydrogens is 349 g/mol. The first kappa shape index (κ1) is 16.7. The van der Waals surface area contributed by atoms with E-state index in [1.54, 1.807) is 0 Å². The molecule has 1 aliphatic rings. The summed E-state index contributed by atoms with van der Waals surface area (Å²) in [6.07, 6.45) is -0.482. The number of hydrogen-bond donors (Lipinski definition) is 7. The lowest BCUT2D eigenvalue weighted by atomic mass is 10.2. The van der Waals surface area contributed by atoms with Gasteiger partial charge in [0.15, 0.2) is 17.7 Å². The van der Waals surface area contributed by atoms with Crippen LogP contribution in [-0.2, 0) is 15.7 Å². The molecule has 1 fully saturated rings. The Kier molecular flexibility index (Phi) is 4.42. The van der Waals surface area contributed by atoms with E-state index in [1.165, 1.54) is 17.2 Å². The van der Waals surface area contributed by atoms with Crippen molar-refractivity contribution in [1.29, 1.82) is 0 Å². The van der Waals surface area contributed by atoms with E-state index in [0.717, 1.165) is 0 Å². The van der Waals surface area contributed by atoms with E-state index < -0.39 is 37.0 Å². The molecule has 0 unspecified atom stereocenters. The zero-order valence-corrected chi connectivity index (χ0v) is 13.4. The number of anilines is 1. The lowest BCUT2D eigenvalue weighted by Gasteiger charge is -2.20. The molecule has 1 saturated heterocycles. The van der Waals surface area contributed by atoms with Crippen molar-refractivity contribution < 1.29 is 29.6 Å². The van der Waals surface area contributed by atoms with Crippen molar-refractivity contribution in [3.63, 3.8) is 0 Å². The third kappa shape index (κ3) is 3.12. The highest BCUT2D eigenvalue weighted by Crippen LogP contribution is 2.40. The van der Waals surface area contributed by atoms with E-state index in [-0.39, 0.29) is 16.8 Å². The molecule has 0 aliphatic carbocycles. The van der Waals surface area contributed by atoms with Crippen LogP contribution in [0.5, 0.6) is 0 Å². The molecule has 0 aromatic carbocycles. The first-order valence-electron chi connectivity index (χ1n) is 6.49. The minimum atomic E-state index is -4.19. The molecule has 128 valence electrons. The molecule has 7 N–H and O–H groups in total. The largest absolute Gasteiger partial charge is 0.394 e. The standard InChI is InChI=1S/C10H16N5O6PS/c11-8-5-9(13-2-12-8)15(3-14-5)10-7(23-22(18,19)20)6(17)4(1-16)21-10/h2-4,6-7,10,16-20,23H,1H2,(H2,11,12,13)/t4-,6+,7-,10-/m1/s1. The Morgan fingerprint density at radius 1 is 1.30 bits per heavy atom. The maximum Gasteiger partial charge on any atom is 0.274 e. The zero-order chi connectivity index (χ0) is 16.8. The van der Waals surface area contributed by atoms with Gasteiger partial charge >= 0.3 is 0 Å². The van der Waals surface area contributed by atoms with Crippen LogP contribution in [0.3, 0.4) is 0 Å². The summed E-state index contributed by atoms with van der Waals surface area (Å²) in [5, 5.41) is 18.6. The van der Waals surface area contributed by atoms with Crippen molar-refractivity contribution in [2.75, 3.05) is 12.3 Å². The molecule has 2 aromatic heterocycles. The van der Waals surface area contributed by atoms with E-state index in [2.05, 4.69) is 15.0 Å². The van der Waals surface area contributed by atoms with Gasteiger partial charge in [0.2, 0.25) is 0 Å². The van der Waals surface area contributed by atoms with E-state index in [9.17, 15) is 24.9 Å². The number of aromatic nitrogens is 4. The fourth-order valence-corrected chi connectivity index (χ4v) is 5.31. The number of rotatable bonds is 3. The van der Waals surface area contributed by atoms with E-state index in [1.807, 2.05) is 0 Å². The van der Waals surface area contributed by atoms with Crippen LogP contribution in [0.4, 0.5) is 5.82 Å². The summed E-state index contributed by atoms with van der Waals surface area (Å²) in [5.74, 6) is 0.161. The van der Waals surface area contributed by atoms with Crippen LogP contribution in [0.2, 0.25) is 0 Å². The predicted octanol–water partition coefficient (Wildman–Crippen LogP) is -2.50. The van der Waals surface area contributed by atoms with Gasteiger partial charge in [0.1, 0.15) is 17.9 Å². The Bertz CT molecular complexity index is 772. The second-order valence-electron chi connectivity index (χ2n) is 4.96. The maximum absolute atomic E-state index is 10.2. The molecule has 23 heavy (non-hydrogen) atoms. The van der Waals surface area contributed by atoms with Crippen LogP contribution in [0.1, 0.15) is 6.23 Å².